The number of para-hydroxylation sites is 2. The van der Waals surface area contributed by atoms with E-state index < -0.39 is 6.09 Å². The molecule has 7 heteroatoms. The van der Waals surface area contributed by atoms with Crippen LogP contribution in [0.1, 0.15) is 37.3 Å². The first-order valence-corrected chi connectivity index (χ1v) is 10.5. The molecule has 7 nitrogen and oxygen atoms in total. The lowest BCUT2D eigenvalue weighted by Crippen LogP contribution is -2.46. The van der Waals surface area contributed by atoms with Crippen LogP contribution in [0.4, 0.5) is 4.79 Å². The van der Waals surface area contributed by atoms with E-state index in [2.05, 4.69) is 10.4 Å². The van der Waals surface area contributed by atoms with Crippen molar-refractivity contribution in [3.63, 3.8) is 0 Å². The molecule has 2 amide bonds. The smallest absolute Gasteiger partial charge is 0.426 e. The molecule has 31 heavy (non-hydrogen) atoms. The second-order valence-electron chi connectivity index (χ2n) is 7.25. The fourth-order valence-corrected chi connectivity index (χ4v) is 3.36. The van der Waals surface area contributed by atoms with Crippen molar-refractivity contribution in [2.24, 2.45) is 0 Å². The normalized spacial score (nSPS) is 10.6. The molecular formula is C24H29N3O4. The molecule has 1 aromatic heterocycles. The molecule has 1 heterocycles. The molecule has 0 spiro atoms. The van der Waals surface area contributed by atoms with Gasteiger partial charge in [0.25, 0.3) is 0 Å². The topological polar surface area (TPSA) is 83.7 Å². The first-order valence-electron chi connectivity index (χ1n) is 10.5. The van der Waals surface area contributed by atoms with Crippen molar-refractivity contribution in [1.29, 1.82) is 0 Å². The van der Waals surface area contributed by atoms with Gasteiger partial charge in [0.15, 0.2) is 0 Å². The molecule has 0 aliphatic heterocycles. The van der Waals surface area contributed by atoms with E-state index in [1.165, 1.54) is 5.01 Å². The number of hydrazine groups is 1. The van der Waals surface area contributed by atoms with Crippen molar-refractivity contribution in [2.45, 2.75) is 39.2 Å². The molecule has 0 aliphatic carbocycles. The molecule has 0 unspecified atom stereocenters. The number of aromatic nitrogens is 1. The molecule has 0 bridgehead atoms. The van der Waals surface area contributed by atoms with Crippen LogP contribution in [-0.2, 0) is 22.5 Å². The second kappa shape index (κ2) is 11.1. The van der Waals surface area contributed by atoms with Crippen LogP contribution in [0.5, 0.6) is 5.75 Å². The van der Waals surface area contributed by atoms with Crippen LogP contribution in [0.2, 0.25) is 0 Å². The summed E-state index contributed by atoms with van der Waals surface area (Å²) in [6.07, 6.45) is 3.78. The molecule has 3 aromatic rings. The van der Waals surface area contributed by atoms with Gasteiger partial charge in [-0.2, -0.15) is 0 Å². The third-order valence-corrected chi connectivity index (χ3v) is 5.06. The van der Waals surface area contributed by atoms with Crippen LogP contribution in [-0.4, -0.2) is 35.7 Å². The van der Waals surface area contributed by atoms with E-state index in [4.69, 9.17) is 9.47 Å². The van der Waals surface area contributed by atoms with Gasteiger partial charge in [-0.05, 0) is 30.5 Å². The minimum atomic E-state index is -0.635. The van der Waals surface area contributed by atoms with Crippen molar-refractivity contribution in [2.75, 3.05) is 13.7 Å². The minimum Gasteiger partial charge on any atom is -0.496 e. The summed E-state index contributed by atoms with van der Waals surface area (Å²) in [5.74, 6) is 0.446. The molecule has 0 radical (unpaired) electrons. The van der Waals surface area contributed by atoms with Gasteiger partial charge < -0.3 is 14.5 Å². The highest BCUT2D eigenvalue weighted by Gasteiger charge is 2.19. The zero-order chi connectivity index (χ0) is 22.1. The number of fused-ring (bicyclic) bond motifs is 1. The quantitative estimate of drug-likeness (QED) is 0.390. The Hall–Kier alpha value is -3.48. The highest BCUT2D eigenvalue weighted by Crippen LogP contribution is 2.21. The van der Waals surface area contributed by atoms with E-state index in [1.807, 2.05) is 61.7 Å². The van der Waals surface area contributed by atoms with Gasteiger partial charge in [0.2, 0.25) is 5.91 Å². The standard InChI is InChI=1S/C24H29N3O4/c1-3-4-15-31-24(29)26-27(17-19-9-5-8-12-22(19)30-2)23(28)14-13-18-16-25-21-11-7-6-10-20(18)21/h5-12,16,25H,3-4,13-15,17H2,1-2H3,(H,26,29). The number of hydrogen-bond donors (Lipinski definition) is 2. The van der Waals surface area contributed by atoms with E-state index in [-0.39, 0.29) is 18.9 Å². The van der Waals surface area contributed by atoms with Gasteiger partial charge >= 0.3 is 6.09 Å². The molecule has 2 aromatic carbocycles. The van der Waals surface area contributed by atoms with Crippen LogP contribution < -0.4 is 10.2 Å². The van der Waals surface area contributed by atoms with Crippen molar-refractivity contribution in [1.82, 2.24) is 15.4 Å². The molecule has 0 saturated heterocycles. The Labute approximate surface area is 182 Å². The maximum atomic E-state index is 13.0. The number of hydrogen-bond acceptors (Lipinski definition) is 4. The van der Waals surface area contributed by atoms with Crippen LogP contribution in [0.15, 0.2) is 54.7 Å². The third kappa shape index (κ3) is 6.01. The number of unbranched alkanes of at least 4 members (excludes halogenated alkanes) is 1. The first kappa shape index (κ1) is 22.2. The Balaban J connectivity index is 1.70. The predicted octanol–water partition coefficient (Wildman–Crippen LogP) is 4.58. The fourth-order valence-electron chi connectivity index (χ4n) is 3.36. The summed E-state index contributed by atoms with van der Waals surface area (Å²) in [5, 5.41) is 2.40. The van der Waals surface area contributed by atoms with Gasteiger partial charge in [0.05, 0.1) is 20.3 Å². The largest absolute Gasteiger partial charge is 0.496 e. The number of benzene rings is 2. The number of methoxy groups -OCH3 is 1. The van der Waals surface area contributed by atoms with E-state index in [0.717, 1.165) is 34.9 Å². The number of nitrogens with one attached hydrogen (secondary N) is 2. The molecule has 0 aliphatic rings. The maximum absolute atomic E-state index is 13.0. The van der Waals surface area contributed by atoms with Crippen LogP contribution in [0, 0.1) is 0 Å². The third-order valence-electron chi connectivity index (χ3n) is 5.06. The van der Waals surface area contributed by atoms with Crippen LogP contribution >= 0.6 is 0 Å². The summed E-state index contributed by atoms with van der Waals surface area (Å²) in [5.41, 5.74) is 5.49. The molecule has 0 atom stereocenters. The first-order chi connectivity index (χ1) is 15.1. The number of aromatic amines is 1. The number of rotatable bonds is 9. The van der Waals surface area contributed by atoms with E-state index in [0.29, 0.717) is 18.8 Å². The highest BCUT2D eigenvalue weighted by molar-refractivity contribution is 5.84. The highest BCUT2D eigenvalue weighted by atomic mass is 16.6. The van der Waals surface area contributed by atoms with Crippen molar-refractivity contribution >= 4 is 22.9 Å². The number of aryl methyl sites for hydroxylation is 1. The van der Waals surface area contributed by atoms with Crippen molar-refractivity contribution < 1.29 is 19.1 Å². The fraction of sp³-hybridized carbons (Fsp3) is 0.333. The predicted molar refractivity (Wildman–Crippen MR) is 120 cm³/mol. The molecule has 164 valence electrons. The lowest BCUT2D eigenvalue weighted by Gasteiger charge is -2.24. The summed E-state index contributed by atoms with van der Waals surface area (Å²) >= 11 is 0. The van der Waals surface area contributed by atoms with Gasteiger partial charge in [0, 0.05) is 29.1 Å². The summed E-state index contributed by atoms with van der Waals surface area (Å²) in [4.78, 5) is 28.5. The second-order valence-corrected chi connectivity index (χ2v) is 7.25. The molecule has 2 N–H and O–H groups in total. The number of carbonyl (C=O) groups is 2. The molecule has 3 rings (SSSR count). The van der Waals surface area contributed by atoms with E-state index in [1.54, 1.807) is 7.11 Å². The van der Waals surface area contributed by atoms with Crippen molar-refractivity contribution in [3.8, 4) is 5.75 Å². The lowest BCUT2D eigenvalue weighted by molar-refractivity contribution is -0.134. The number of amides is 2. The number of nitrogens with zero attached hydrogens (tertiary/aromatic N) is 1. The Morgan fingerprint density at radius 1 is 1.06 bits per heavy atom. The molecule has 0 saturated carbocycles. The SMILES string of the molecule is CCCCOC(=O)NN(Cc1ccccc1OC)C(=O)CCc1c[nH]c2ccccc12. The monoisotopic (exact) mass is 423 g/mol. The van der Waals surface area contributed by atoms with Gasteiger partial charge in [-0.1, -0.05) is 49.7 Å². The zero-order valence-corrected chi connectivity index (χ0v) is 18.0. The Morgan fingerprint density at radius 2 is 1.84 bits per heavy atom. The van der Waals surface area contributed by atoms with Gasteiger partial charge in [-0.3, -0.25) is 4.79 Å². The zero-order valence-electron chi connectivity index (χ0n) is 18.0. The number of H-pyrrole nitrogens is 1. The van der Waals surface area contributed by atoms with Gasteiger partial charge in [-0.15, -0.1) is 0 Å². The average molecular weight is 424 g/mol. The van der Waals surface area contributed by atoms with Gasteiger partial charge in [-0.25, -0.2) is 15.2 Å². The number of ether oxygens (including phenoxy) is 2. The van der Waals surface area contributed by atoms with Crippen LogP contribution in [0.25, 0.3) is 10.9 Å². The Kier molecular flexibility index (Phi) is 7.92. The van der Waals surface area contributed by atoms with Crippen molar-refractivity contribution in [3.05, 3.63) is 65.9 Å². The summed E-state index contributed by atoms with van der Waals surface area (Å²) < 4.78 is 10.6. The van der Waals surface area contributed by atoms with Crippen LogP contribution in [0.3, 0.4) is 0 Å². The summed E-state index contributed by atoms with van der Waals surface area (Å²) in [6.45, 7) is 2.51. The summed E-state index contributed by atoms with van der Waals surface area (Å²) in [7, 11) is 1.58. The molecular weight excluding hydrogens is 394 g/mol. The van der Waals surface area contributed by atoms with E-state index in [9.17, 15) is 9.59 Å². The maximum Gasteiger partial charge on any atom is 0.426 e. The average Bonchev–Trinajstić information content (AvgIpc) is 3.20. The molecule has 0 fully saturated rings. The van der Waals surface area contributed by atoms with E-state index >= 15 is 0 Å². The number of carbonyl (C=O) groups excluding carboxylic acids is 2. The minimum absolute atomic E-state index is 0.180. The van der Waals surface area contributed by atoms with Gasteiger partial charge in [0.1, 0.15) is 5.75 Å². The summed E-state index contributed by atoms with van der Waals surface area (Å²) in [6, 6.07) is 15.4. The Bertz CT molecular complexity index is 1010. The lowest BCUT2D eigenvalue weighted by atomic mass is 10.1. The Morgan fingerprint density at radius 3 is 2.65 bits per heavy atom.